The van der Waals surface area contributed by atoms with E-state index in [1.165, 1.54) is 5.56 Å². The number of aryl methyl sites for hydroxylation is 2. The quantitative estimate of drug-likeness (QED) is 0.862. The maximum Gasteiger partial charge on any atom is 0.212 e. The third-order valence-electron chi connectivity index (χ3n) is 3.01. The van der Waals surface area contributed by atoms with Crippen LogP contribution in [0, 0.1) is 13.8 Å². The van der Waals surface area contributed by atoms with Gasteiger partial charge in [-0.2, -0.15) is 0 Å². The van der Waals surface area contributed by atoms with Crippen molar-refractivity contribution < 1.29 is 8.42 Å². The molecule has 0 bridgehead atoms. The lowest BCUT2D eigenvalue weighted by Crippen LogP contribution is -2.29. The van der Waals surface area contributed by atoms with Crippen LogP contribution in [0.25, 0.3) is 0 Å². The highest BCUT2D eigenvalue weighted by molar-refractivity contribution is 7.89. The molecule has 0 amide bonds. The van der Waals surface area contributed by atoms with Gasteiger partial charge in [0.05, 0.1) is 5.75 Å². The molecule has 0 saturated heterocycles. The maximum atomic E-state index is 11.8. The van der Waals surface area contributed by atoms with Crippen molar-refractivity contribution in [2.24, 2.45) is 0 Å². The van der Waals surface area contributed by atoms with Gasteiger partial charge >= 0.3 is 0 Å². The molecule has 1 aromatic carbocycles. The second-order valence-electron chi connectivity index (χ2n) is 4.87. The molecule has 0 aliphatic heterocycles. The van der Waals surface area contributed by atoms with Crippen molar-refractivity contribution in [2.45, 2.75) is 46.6 Å². The van der Waals surface area contributed by atoms with E-state index < -0.39 is 10.0 Å². The number of sulfonamides is 1. The van der Waals surface area contributed by atoms with Crippen molar-refractivity contribution >= 4 is 10.0 Å². The molecule has 1 rings (SSSR count). The summed E-state index contributed by atoms with van der Waals surface area (Å²) in [7, 11) is -3.17. The van der Waals surface area contributed by atoms with E-state index in [0.29, 0.717) is 6.42 Å². The largest absolute Gasteiger partial charge is 0.212 e. The van der Waals surface area contributed by atoms with Crippen LogP contribution in [0.4, 0.5) is 0 Å². The molecule has 102 valence electrons. The summed E-state index contributed by atoms with van der Waals surface area (Å²) in [5, 5.41) is 0. The molecule has 0 spiro atoms. The van der Waals surface area contributed by atoms with Crippen LogP contribution in [0.1, 0.15) is 49.4 Å². The van der Waals surface area contributed by atoms with Crippen LogP contribution in [-0.2, 0) is 10.0 Å². The predicted octanol–water partition coefficient (Wildman–Crippen LogP) is 3.08. The Balaban J connectivity index is 2.79. The Kier molecular flexibility index (Phi) is 5.35. The molecule has 0 radical (unpaired) electrons. The Morgan fingerprint density at radius 1 is 1.28 bits per heavy atom. The van der Waals surface area contributed by atoms with Gasteiger partial charge in [-0.05, 0) is 38.3 Å². The van der Waals surface area contributed by atoms with Crippen LogP contribution in [0.2, 0.25) is 0 Å². The highest BCUT2D eigenvalue weighted by Crippen LogP contribution is 2.19. The zero-order chi connectivity index (χ0) is 13.8. The third kappa shape index (κ3) is 4.42. The fourth-order valence-electron chi connectivity index (χ4n) is 2.04. The van der Waals surface area contributed by atoms with E-state index in [9.17, 15) is 8.42 Å². The van der Waals surface area contributed by atoms with Gasteiger partial charge in [-0.25, -0.2) is 13.1 Å². The molecule has 4 heteroatoms. The highest BCUT2D eigenvalue weighted by Gasteiger charge is 2.16. The van der Waals surface area contributed by atoms with Gasteiger partial charge < -0.3 is 0 Å². The van der Waals surface area contributed by atoms with Crippen LogP contribution in [-0.4, -0.2) is 14.2 Å². The molecule has 0 aliphatic carbocycles. The zero-order valence-electron chi connectivity index (χ0n) is 11.7. The minimum absolute atomic E-state index is 0.174. The SMILES string of the molecule is CCCCS(=O)(=O)NC(C)c1ccc(C)cc1C. The van der Waals surface area contributed by atoms with E-state index in [-0.39, 0.29) is 11.8 Å². The van der Waals surface area contributed by atoms with E-state index in [1.54, 1.807) is 0 Å². The van der Waals surface area contributed by atoms with Gasteiger partial charge in [0.2, 0.25) is 10.0 Å². The molecule has 0 heterocycles. The molecule has 0 aromatic heterocycles. The van der Waals surface area contributed by atoms with Crippen LogP contribution >= 0.6 is 0 Å². The number of nitrogens with one attached hydrogen (secondary N) is 1. The van der Waals surface area contributed by atoms with E-state index in [1.807, 2.05) is 39.8 Å². The first kappa shape index (κ1) is 15.2. The van der Waals surface area contributed by atoms with Gasteiger partial charge in [0.25, 0.3) is 0 Å². The number of hydrogen-bond donors (Lipinski definition) is 1. The number of unbranched alkanes of at least 4 members (excludes halogenated alkanes) is 1. The Morgan fingerprint density at radius 3 is 2.50 bits per heavy atom. The van der Waals surface area contributed by atoms with Gasteiger partial charge in [-0.3, -0.25) is 0 Å². The van der Waals surface area contributed by atoms with Crippen molar-refractivity contribution in [3.8, 4) is 0 Å². The van der Waals surface area contributed by atoms with E-state index in [4.69, 9.17) is 0 Å². The minimum atomic E-state index is -3.17. The van der Waals surface area contributed by atoms with Crippen molar-refractivity contribution in [1.82, 2.24) is 4.72 Å². The summed E-state index contributed by atoms with van der Waals surface area (Å²) >= 11 is 0. The third-order valence-corrected chi connectivity index (χ3v) is 4.55. The van der Waals surface area contributed by atoms with E-state index >= 15 is 0 Å². The summed E-state index contributed by atoms with van der Waals surface area (Å²) in [6.07, 6.45) is 1.59. The van der Waals surface area contributed by atoms with E-state index in [2.05, 4.69) is 10.8 Å². The van der Waals surface area contributed by atoms with E-state index in [0.717, 1.165) is 17.5 Å². The Labute approximate surface area is 111 Å². The van der Waals surface area contributed by atoms with Gasteiger partial charge in [0, 0.05) is 6.04 Å². The van der Waals surface area contributed by atoms with Gasteiger partial charge in [-0.15, -0.1) is 0 Å². The molecule has 1 aromatic rings. The number of rotatable bonds is 6. The van der Waals surface area contributed by atoms with Crippen molar-refractivity contribution in [1.29, 1.82) is 0 Å². The molecule has 1 N–H and O–H groups in total. The first-order valence-corrected chi connectivity index (χ1v) is 8.08. The fourth-order valence-corrected chi connectivity index (χ4v) is 3.49. The second-order valence-corrected chi connectivity index (χ2v) is 6.75. The summed E-state index contributed by atoms with van der Waals surface area (Å²) in [4.78, 5) is 0. The molecular formula is C14H23NO2S. The molecule has 3 nitrogen and oxygen atoms in total. The van der Waals surface area contributed by atoms with Gasteiger partial charge in [0.1, 0.15) is 0 Å². The Bertz CT molecular complexity index is 495. The van der Waals surface area contributed by atoms with Crippen LogP contribution in [0.5, 0.6) is 0 Å². The summed E-state index contributed by atoms with van der Waals surface area (Å²) in [6.45, 7) is 7.93. The van der Waals surface area contributed by atoms with Gasteiger partial charge in [-0.1, -0.05) is 37.1 Å². The molecule has 1 atom stereocenters. The zero-order valence-corrected chi connectivity index (χ0v) is 12.5. The number of hydrogen-bond acceptors (Lipinski definition) is 2. The first-order valence-electron chi connectivity index (χ1n) is 6.43. The lowest BCUT2D eigenvalue weighted by Gasteiger charge is -2.17. The lowest BCUT2D eigenvalue weighted by atomic mass is 10.0. The van der Waals surface area contributed by atoms with Crippen LogP contribution in [0.3, 0.4) is 0 Å². The molecule has 0 saturated carbocycles. The smallest absolute Gasteiger partial charge is 0.212 e. The average molecular weight is 269 g/mol. The topological polar surface area (TPSA) is 46.2 Å². The molecular weight excluding hydrogens is 246 g/mol. The van der Waals surface area contributed by atoms with Crippen molar-refractivity contribution in [3.63, 3.8) is 0 Å². The lowest BCUT2D eigenvalue weighted by molar-refractivity contribution is 0.563. The Morgan fingerprint density at radius 2 is 1.94 bits per heavy atom. The first-order chi connectivity index (χ1) is 8.35. The summed E-state index contributed by atoms with van der Waals surface area (Å²) in [5.74, 6) is 0.207. The normalized spacial score (nSPS) is 13.6. The minimum Gasteiger partial charge on any atom is -0.212 e. The van der Waals surface area contributed by atoms with Crippen molar-refractivity contribution in [2.75, 3.05) is 5.75 Å². The monoisotopic (exact) mass is 269 g/mol. The summed E-state index contributed by atoms with van der Waals surface area (Å²) in [5.41, 5.74) is 3.36. The van der Waals surface area contributed by atoms with Crippen LogP contribution in [0.15, 0.2) is 18.2 Å². The standard InChI is InChI=1S/C14H23NO2S/c1-5-6-9-18(16,17)15-13(4)14-8-7-11(2)10-12(14)3/h7-8,10,13,15H,5-6,9H2,1-4H3. The predicted molar refractivity (Wildman–Crippen MR) is 76.2 cm³/mol. The summed E-state index contributed by atoms with van der Waals surface area (Å²) < 4.78 is 26.4. The van der Waals surface area contributed by atoms with Gasteiger partial charge in [0.15, 0.2) is 0 Å². The number of benzene rings is 1. The molecule has 18 heavy (non-hydrogen) atoms. The molecule has 0 fully saturated rings. The van der Waals surface area contributed by atoms with Crippen LogP contribution < -0.4 is 4.72 Å². The highest BCUT2D eigenvalue weighted by atomic mass is 32.2. The average Bonchev–Trinajstić information content (AvgIpc) is 2.25. The molecule has 0 aliphatic rings. The fraction of sp³-hybridized carbons (Fsp3) is 0.571. The maximum absolute atomic E-state index is 11.8. The molecule has 1 unspecified atom stereocenters. The van der Waals surface area contributed by atoms with Crippen molar-refractivity contribution in [3.05, 3.63) is 34.9 Å². The summed E-state index contributed by atoms with van der Waals surface area (Å²) in [6, 6.07) is 5.91. The second kappa shape index (κ2) is 6.34. The Hall–Kier alpha value is -0.870.